The van der Waals surface area contributed by atoms with E-state index in [9.17, 15) is 14.4 Å². The normalized spacial score (nSPS) is 21.7. The third kappa shape index (κ3) is 2.87. The SMILES string of the molecule is O=C1C[C@H](Cc2ccc(NC(=O)C3CC3)cc2)C(=O)N1. The summed E-state index contributed by atoms with van der Waals surface area (Å²) in [6.45, 7) is 0. The molecule has 3 rings (SSSR count). The van der Waals surface area contributed by atoms with Crippen LogP contribution in [0.3, 0.4) is 0 Å². The van der Waals surface area contributed by atoms with E-state index in [1.807, 2.05) is 24.3 Å². The van der Waals surface area contributed by atoms with Gasteiger partial charge < -0.3 is 5.32 Å². The van der Waals surface area contributed by atoms with Gasteiger partial charge >= 0.3 is 0 Å². The number of anilines is 1. The third-order valence-electron chi connectivity index (χ3n) is 3.72. The van der Waals surface area contributed by atoms with Gasteiger partial charge in [-0.1, -0.05) is 12.1 Å². The number of amides is 3. The number of hydrogen-bond acceptors (Lipinski definition) is 3. The van der Waals surface area contributed by atoms with E-state index in [0.717, 1.165) is 24.1 Å². The fourth-order valence-corrected chi connectivity index (χ4v) is 2.37. The Morgan fingerprint density at radius 3 is 2.45 bits per heavy atom. The summed E-state index contributed by atoms with van der Waals surface area (Å²) in [5.41, 5.74) is 1.77. The van der Waals surface area contributed by atoms with Crippen LogP contribution in [-0.4, -0.2) is 17.7 Å². The molecule has 1 saturated carbocycles. The van der Waals surface area contributed by atoms with Crippen LogP contribution in [-0.2, 0) is 20.8 Å². The van der Waals surface area contributed by atoms with Crippen molar-refractivity contribution in [1.29, 1.82) is 0 Å². The largest absolute Gasteiger partial charge is 0.326 e. The molecule has 2 fully saturated rings. The summed E-state index contributed by atoms with van der Waals surface area (Å²) in [6.07, 6.45) is 2.77. The Labute approximate surface area is 116 Å². The zero-order valence-electron chi connectivity index (χ0n) is 11.0. The predicted molar refractivity (Wildman–Crippen MR) is 72.8 cm³/mol. The second kappa shape index (κ2) is 5.07. The lowest BCUT2D eigenvalue weighted by molar-refractivity contribution is -0.125. The minimum absolute atomic E-state index is 0.0820. The first-order chi connectivity index (χ1) is 9.61. The van der Waals surface area contributed by atoms with Gasteiger partial charge in [0, 0.05) is 18.0 Å². The molecule has 0 unspecified atom stereocenters. The minimum atomic E-state index is -0.269. The Hall–Kier alpha value is -2.17. The Morgan fingerprint density at radius 2 is 1.90 bits per heavy atom. The van der Waals surface area contributed by atoms with E-state index in [1.165, 1.54) is 0 Å². The van der Waals surface area contributed by atoms with Crippen LogP contribution >= 0.6 is 0 Å². The van der Waals surface area contributed by atoms with E-state index < -0.39 is 0 Å². The van der Waals surface area contributed by atoms with Gasteiger partial charge in [-0.3, -0.25) is 19.7 Å². The molecule has 5 nitrogen and oxygen atoms in total. The summed E-state index contributed by atoms with van der Waals surface area (Å²) in [4.78, 5) is 34.2. The predicted octanol–water partition coefficient (Wildman–Crippen LogP) is 1.24. The van der Waals surface area contributed by atoms with Crippen LogP contribution in [0.1, 0.15) is 24.8 Å². The van der Waals surface area contributed by atoms with Crippen LogP contribution in [0.2, 0.25) is 0 Å². The molecule has 1 saturated heterocycles. The molecule has 1 heterocycles. The molecule has 1 atom stereocenters. The van der Waals surface area contributed by atoms with Crippen LogP contribution in [0, 0.1) is 11.8 Å². The van der Waals surface area contributed by atoms with Gasteiger partial charge in [-0.15, -0.1) is 0 Å². The molecule has 3 amide bonds. The molecule has 0 spiro atoms. The van der Waals surface area contributed by atoms with Crippen molar-refractivity contribution in [3.8, 4) is 0 Å². The Kier molecular flexibility index (Phi) is 3.26. The summed E-state index contributed by atoms with van der Waals surface area (Å²) in [5.74, 6) is -0.398. The molecule has 0 aromatic heterocycles. The lowest BCUT2D eigenvalue weighted by Crippen LogP contribution is -2.22. The first kappa shape index (κ1) is 12.8. The Morgan fingerprint density at radius 1 is 1.20 bits per heavy atom. The van der Waals surface area contributed by atoms with Crippen LogP contribution in [0.4, 0.5) is 5.69 Å². The van der Waals surface area contributed by atoms with Crippen LogP contribution < -0.4 is 10.6 Å². The number of nitrogens with one attached hydrogen (secondary N) is 2. The molecule has 0 bridgehead atoms. The molecular formula is C15H16N2O3. The van der Waals surface area contributed by atoms with Gasteiger partial charge in [0.05, 0.1) is 5.92 Å². The van der Waals surface area contributed by atoms with Crippen molar-refractivity contribution in [3.05, 3.63) is 29.8 Å². The molecule has 2 N–H and O–H groups in total. The topological polar surface area (TPSA) is 75.3 Å². The highest BCUT2D eigenvalue weighted by molar-refractivity contribution is 6.03. The first-order valence-corrected chi connectivity index (χ1v) is 6.85. The number of carbonyl (C=O) groups excluding carboxylic acids is 3. The smallest absolute Gasteiger partial charge is 0.230 e. The number of carbonyl (C=O) groups is 3. The maximum atomic E-state index is 11.6. The van der Waals surface area contributed by atoms with Crippen molar-refractivity contribution in [2.24, 2.45) is 11.8 Å². The first-order valence-electron chi connectivity index (χ1n) is 6.85. The van der Waals surface area contributed by atoms with Gasteiger partial charge in [0.25, 0.3) is 0 Å². The van der Waals surface area contributed by atoms with Crippen LogP contribution in [0.15, 0.2) is 24.3 Å². The van der Waals surface area contributed by atoms with E-state index in [-0.39, 0.29) is 36.0 Å². The standard InChI is InChI=1S/C15H16N2O3/c18-13-8-11(15(20)17-13)7-9-1-5-12(6-2-9)16-14(19)10-3-4-10/h1-2,5-6,10-11H,3-4,7-8H2,(H,16,19)(H,17,18,20)/t11-/m0/s1. The second-order valence-electron chi connectivity index (χ2n) is 5.48. The van der Waals surface area contributed by atoms with Gasteiger partial charge in [0.2, 0.25) is 17.7 Å². The summed E-state index contributed by atoms with van der Waals surface area (Å²) >= 11 is 0. The van der Waals surface area contributed by atoms with Crippen LogP contribution in [0.5, 0.6) is 0 Å². The molecule has 2 aliphatic rings. The third-order valence-corrected chi connectivity index (χ3v) is 3.72. The maximum Gasteiger partial charge on any atom is 0.230 e. The summed E-state index contributed by atoms with van der Waals surface area (Å²) < 4.78 is 0. The molecule has 104 valence electrons. The van der Waals surface area contributed by atoms with E-state index in [4.69, 9.17) is 0 Å². The molecule has 0 radical (unpaired) electrons. The number of hydrogen-bond donors (Lipinski definition) is 2. The van der Waals surface area contributed by atoms with E-state index >= 15 is 0 Å². The number of rotatable bonds is 4. The van der Waals surface area contributed by atoms with Gasteiger partial charge in [-0.05, 0) is 37.0 Å². The van der Waals surface area contributed by atoms with Crippen molar-refractivity contribution in [3.63, 3.8) is 0 Å². The molecule has 5 heteroatoms. The Bertz CT molecular complexity index is 561. The average Bonchev–Trinajstić information content (AvgIpc) is 3.20. The van der Waals surface area contributed by atoms with Crippen molar-refractivity contribution in [1.82, 2.24) is 5.32 Å². The highest BCUT2D eigenvalue weighted by atomic mass is 16.2. The van der Waals surface area contributed by atoms with Crippen molar-refractivity contribution < 1.29 is 14.4 Å². The number of imide groups is 1. The van der Waals surface area contributed by atoms with Gasteiger partial charge in [-0.25, -0.2) is 0 Å². The molecule has 20 heavy (non-hydrogen) atoms. The van der Waals surface area contributed by atoms with Gasteiger partial charge in [0.15, 0.2) is 0 Å². The molecule has 1 aromatic rings. The monoisotopic (exact) mass is 272 g/mol. The van der Waals surface area contributed by atoms with Gasteiger partial charge in [0.1, 0.15) is 0 Å². The quantitative estimate of drug-likeness (QED) is 0.810. The maximum absolute atomic E-state index is 11.6. The molecule has 1 aliphatic carbocycles. The summed E-state index contributed by atoms with van der Waals surface area (Å²) in [6, 6.07) is 7.45. The van der Waals surface area contributed by atoms with E-state index in [1.54, 1.807) is 0 Å². The van der Waals surface area contributed by atoms with Crippen molar-refractivity contribution in [2.75, 3.05) is 5.32 Å². The summed E-state index contributed by atoms with van der Waals surface area (Å²) in [7, 11) is 0. The fourth-order valence-electron chi connectivity index (χ4n) is 2.37. The zero-order chi connectivity index (χ0) is 14.1. The lowest BCUT2D eigenvalue weighted by Gasteiger charge is -2.08. The highest BCUT2D eigenvalue weighted by Gasteiger charge is 2.31. The minimum Gasteiger partial charge on any atom is -0.326 e. The lowest BCUT2D eigenvalue weighted by atomic mass is 9.98. The number of benzene rings is 1. The van der Waals surface area contributed by atoms with E-state index in [2.05, 4.69) is 10.6 Å². The van der Waals surface area contributed by atoms with Crippen LogP contribution in [0.25, 0.3) is 0 Å². The van der Waals surface area contributed by atoms with E-state index in [0.29, 0.717) is 6.42 Å². The molecular weight excluding hydrogens is 256 g/mol. The highest BCUT2D eigenvalue weighted by Crippen LogP contribution is 2.30. The summed E-state index contributed by atoms with van der Waals surface area (Å²) in [5, 5.41) is 5.18. The Balaban J connectivity index is 1.59. The zero-order valence-corrected chi connectivity index (χ0v) is 11.0. The van der Waals surface area contributed by atoms with Crippen molar-refractivity contribution in [2.45, 2.75) is 25.7 Å². The second-order valence-corrected chi connectivity index (χ2v) is 5.48. The fraction of sp³-hybridized carbons (Fsp3) is 0.400. The van der Waals surface area contributed by atoms with Gasteiger partial charge in [-0.2, -0.15) is 0 Å². The average molecular weight is 272 g/mol. The molecule has 1 aromatic carbocycles. The molecule has 1 aliphatic heterocycles. The van der Waals surface area contributed by atoms with Crippen molar-refractivity contribution >= 4 is 23.4 Å².